The third kappa shape index (κ3) is 3.52. The topological polar surface area (TPSA) is 64.9 Å². The van der Waals surface area contributed by atoms with Gasteiger partial charge in [0.05, 0.1) is 25.1 Å². The van der Waals surface area contributed by atoms with E-state index in [0.717, 1.165) is 38.9 Å². The van der Waals surface area contributed by atoms with Gasteiger partial charge in [0, 0.05) is 35.0 Å². The summed E-state index contributed by atoms with van der Waals surface area (Å²) in [6, 6.07) is 13.4. The molecule has 0 saturated heterocycles. The van der Waals surface area contributed by atoms with Gasteiger partial charge in [0.2, 0.25) is 0 Å². The van der Waals surface area contributed by atoms with Crippen molar-refractivity contribution < 1.29 is 14.3 Å². The summed E-state index contributed by atoms with van der Waals surface area (Å²) in [6.07, 6.45) is 1.47. The van der Waals surface area contributed by atoms with E-state index in [9.17, 15) is 4.79 Å². The number of methoxy groups -OCH3 is 2. The van der Waals surface area contributed by atoms with Crippen LogP contribution in [-0.2, 0) is 16.1 Å². The minimum Gasteiger partial charge on any atom is -0.453 e. The monoisotopic (exact) mass is 409 g/mol. The zero-order valence-corrected chi connectivity index (χ0v) is 17.1. The maximum atomic E-state index is 11.6. The lowest BCUT2D eigenvalue weighted by Gasteiger charge is -2.08. The number of rotatable bonds is 4. The smallest absolute Gasteiger partial charge is 0.411 e. The van der Waals surface area contributed by atoms with Crippen molar-refractivity contribution in [2.24, 2.45) is 0 Å². The molecule has 7 heteroatoms. The number of carbonyl (C=O) groups is 1. The van der Waals surface area contributed by atoms with Gasteiger partial charge in [0.15, 0.2) is 0 Å². The highest BCUT2D eigenvalue weighted by atomic mass is 35.5. The molecular weight excluding hydrogens is 390 g/mol. The predicted octanol–water partition coefficient (Wildman–Crippen LogP) is 5.44. The number of hydrogen-bond acceptors (Lipinski definition) is 4. The summed E-state index contributed by atoms with van der Waals surface area (Å²) in [4.78, 5) is 16.5. The fraction of sp³-hybridized carbons (Fsp3) is 0.182. The molecule has 0 aliphatic carbocycles. The minimum absolute atomic E-state index is 0.407. The summed E-state index contributed by atoms with van der Waals surface area (Å²) in [7, 11) is 3.00. The highest BCUT2D eigenvalue weighted by molar-refractivity contribution is 6.30. The molecule has 0 saturated carbocycles. The summed E-state index contributed by atoms with van der Waals surface area (Å²) < 4.78 is 12.2. The minimum atomic E-state index is -0.516. The molecule has 6 nitrogen and oxygen atoms in total. The van der Waals surface area contributed by atoms with Gasteiger partial charge in [0.1, 0.15) is 5.65 Å². The number of amides is 1. The lowest BCUT2D eigenvalue weighted by atomic mass is 10.0. The summed E-state index contributed by atoms with van der Waals surface area (Å²) in [5, 5.41) is 5.32. The number of aryl methyl sites for hydroxylation is 1. The quantitative estimate of drug-likeness (QED) is 0.487. The Hall–Kier alpha value is -3.09. The SMILES string of the molecule is COCc1c(-c2ccc(Cl)cc2C)nc2c3cc(NC(=O)OC)ccc3ccn12. The molecule has 148 valence electrons. The molecule has 2 aromatic carbocycles. The molecule has 0 spiro atoms. The normalized spacial score (nSPS) is 11.2. The highest BCUT2D eigenvalue weighted by Crippen LogP contribution is 2.32. The molecule has 29 heavy (non-hydrogen) atoms. The molecule has 0 fully saturated rings. The molecule has 0 unspecified atom stereocenters. The van der Waals surface area contributed by atoms with Crippen LogP contribution in [0.3, 0.4) is 0 Å². The second-order valence-electron chi connectivity index (χ2n) is 6.73. The lowest BCUT2D eigenvalue weighted by molar-refractivity contribution is 0.181. The van der Waals surface area contributed by atoms with Gasteiger partial charge in [-0.25, -0.2) is 9.78 Å². The molecule has 1 amide bonds. The van der Waals surface area contributed by atoms with Crippen LogP contribution in [0.1, 0.15) is 11.3 Å². The Kier molecular flexibility index (Phi) is 5.13. The molecule has 0 atom stereocenters. The third-order valence-corrected chi connectivity index (χ3v) is 5.10. The molecular formula is C22H20ClN3O3. The van der Waals surface area contributed by atoms with Crippen LogP contribution in [0, 0.1) is 6.92 Å². The Labute approximate surface area is 173 Å². The molecule has 0 bridgehead atoms. The molecule has 2 aromatic heterocycles. The second kappa shape index (κ2) is 7.73. The van der Waals surface area contributed by atoms with Crippen LogP contribution in [0.4, 0.5) is 10.5 Å². The van der Waals surface area contributed by atoms with Crippen LogP contribution in [0.25, 0.3) is 27.7 Å². The number of aromatic nitrogens is 2. The second-order valence-corrected chi connectivity index (χ2v) is 7.16. The Morgan fingerprint density at radius 3 is 2.72 bits per heavy atom. The Balaban J connectivity index is 1.97. The highest BCUT2D eigenvalue weighted by Gasteiger charge is 2.18. The van der Waals surface area contributed by atoms with Crippen LogP contribution in [0.2, 0.25) is 5.02 Å². The zero-order chi connectivity index (χ0) is 20.5. The number of ether oxygens (including phenoxy) is 2. The van der Waals surface area contributed by atoms with E-state index >= 15 is 0 Å². The first-order chi connectivity index (χ1) is 14.0. The maximum absolute atomic E-state index is 11.6. The number of imidazole rings is 1. The number of halogens is 1. The van der Waals surface area contributed by atoms with E-state index < -0.39 is 6.09 Å². The molecule has 0 aliphatic rings. The lowest BCUT2D eigenvalue weighted by Crippen LogP contribution is -2.10. The fourth-order valence-corrected chi connectivity index (χ4v) is 3.72. The number of benzene rings is 2. The van der Waals surface area contributed by atoms with Crippen molar-refractivity contribution in [3.05, 3.63) is 64.9 Å². The first-order valence-electron chi connectivity index (χ1n) is 9.06. The van der Waals surface area contributed by atoms with E-state index in [0.29, 0.717) is 17.3 Å². The fourth-order valence-electron chi connectivity index (χ4n) is 3.50. The van der Waals surface area contributed by atoms with Crippen molar-refractivity contribution in [2.45, 2.75) is 13.5 Å². The average molecular weight is 410 g/mol. The molecule has 0 aliphatic heterocycles. The third-order valence-electron chi connectivity index (χ3n) is 4.86. The van der Waals surface area contributed by atoms with E-state index in [2.05, 4.69) is 5.32 Å². The van der Waals surface area contributed by atoms with Gasteiger partial charge < -0.3 is 13.9 Å². The summed E-state index contributed by atoms with van der Waals surface area (Å²) in [6.45, 7) is 2.42. The van der Waals surface area contributed by atoms with Gasteiger partial charge in [-0.15, -0.1) is 0 Å². The van der Waals surface area contributed by atoms with Crippen molar-refractivity contribution in [3.8, 4) is 11.3 Å². The Morgan fingerprint density at radius 2 is 2.00 bits per heavy atom. The van der Waals surface area contributed by atoms with Crippen molar-refractivity contribution in [1.29, 1.82) is 0 Å². The van der Waals surface area contributed by atoms with Crippen LogP contribution < -0.4 is 5.32 Å². The number of hydrogen-bond donors (Lipinski definition) is 1. The van der Waals surface area contributed by atoms with E-state index in [1.54, 1.807) is 7.11 Å². The van der Waals surface area contributed by atoms with Gasteiger partial charge in [0.25, 0.3) is 0 Å². The number of fused-ring (bicyclic) bond motifs is 3. The molecule has 0 radical (unpaired) electrons. The number of carbonyl (C=O) groups excluding carboxylic acids is 1. The number of nitrogens with zero attached hydrogens (tertiary/aromatic N) is 2. The van der Waals surface area contributed by atoms with Crippen molar-refractivity contribution in [1.82, 2.24) is 9.38 Å². The zero-order valence-electron chi connectivity index (χ0n) is 16.3. The summed E-state index contributed by atoms with van der Waals surface area (Å²) in [5.41, 5.74) is 5.25. The van der Waals surface area contributed by atoms with Crippen molar-refractivity contribution in [2.75, 3.05) is 19.5 Å². The van der Waals surface area contributed by atoms with Crippen LogP contribution in [-0.4, -0.2) is 29.7 Å². The first-order valence-corrected chi connectivity index (χ1v) is 9.43. The molecule has 4 rings (SSSR count). The van der Waals surface area contributed by atoms with E-state index in [4.69, 9.17) is 26.1 Å². The summed E-state index contributed by atoms with van der Waals surface area (Å²) in [5.74, 6) is 0. The van der Waals surface area contributed by atoms with E-state index in [1.807, 2.05) is 60.0 Å². The standard InChI is InChI=1S/C22H20ClN3O3/c1-13-10-15(23)5-7-17(13)20-19(12-28-2)26-9-8-14-4-6-16(24-22(27)29-3)11-18(14)21(26)25-20/h4-11H,12H2,1-3H3,(H,24,27). The van der Waals surface area contributed by atoms with Gasteiger partial charge >= 0.3 is 6.09 Å². The maximum Gasteiger partial charge on any atom is 0.411 e. The average Bonchev–Trinajstić information content (AvgIpc) is 3.07. The number of pyridine rings is 1. The number of anilines is 1. The number of nitrogens with one attached hydrogen (secondary N) is 1. The predicted molar refractivity (Wildman–Crippen MR) is 115 cm³/mol. The summed E-state index contributed by atoms with van der Waals surface area (Å²) >= 11 is 6.14. The van der Waals surface area contributed by atoms with Gasteiger partial charge in [-0.1, -0.05) is 23.7 Å². The van der Waals surface area contributed by atoms with Crippen molar-refractivity contribution >= 4 is 39.8 Å². The van der Waals surface area contributed by atoms with Gasteiger partial charge in [-0.05, 0) is 48.2 Å². The largest absolute Gasteiger partial charge is 0.453 e. The van der Waals surface area contributed by atoms with Crippen molar-refractivity contribution in [3.63, 3.8) is 0 Å². The van der Waals surface area contributed by atoms with Crippen LogP contribution >= 0.6 is 11.6 Å². The van der Waals surface area contributed by atoms with E-state index in [1.165, 1.54) is 7.11 Å². The van der Waals surface area contributed by atoms with E-state index in [-0.39, 0.29) is 0 Å². The first kappa shape index (κ1) is 19.2. The Morgan fingerprint density at radius 1 is 1.17 bits per heavy atom. The van der Waals surface area contributed by atoms with Gasteiger partial charge in [-0.3, -0.25) is 5.32 Å². The molecule has 1 N–H and O–H groups in total. The van der Waals surface area contributed by atoms with Gasteiger partial charge in [-0.2, -0.15) is 0 Å². The Bertz CT molecular complexity index is 1230. The van der Waals surface area contributed by atoms with Crippen LogP contribution in [0.15, 0.2) is 48.7 Å². The van der Waals surface area contributed by atoms with Crippen LogP contribution in [0.5, 0.6) is 0 Å². The molecule has 2 heterocycles. The molecule has 4 aromatic rings.